The third-order valence-corrected chi connectivity index (χ3v) is 9.59. The molecule has 2 saturated heterocycles. The number of likely N-dealkylation sites (N-methyl/N-ethyl adjacent to an activating group) is 2. The Kier molecular flexibility index (Phi) is 9.12. The molecule has 3 heterocycles. The van der Waals surface area contributed by atoms with Gasteiger partial charge in [-0.3, -0.25) is 24.2 Å². The Morgan fingerprint density at radius 1 is 0.894 bits per heavy atom. The summed E-state index contributed by atoms with van der Waals surface area (Å²) in [5.74, 6) is -0.297. The van der Waals surface area contributed by atoms with E-state index in [0.29, 0.717) is 31.9 Å². The van der Waals surface area contributed by atoms with Gasteiger partial charge < -0.3 is 19.3 Å². The minimum atomic E-state index is -0.877. The van der Waals surface area contributed by atoms with Crippen LogP contribution in [0, 0.1) is 0 Å². The lowest BCUT2D eigenvalue weighted by molar-refractivity contribution is -0.136. The van der Waals surface area contributed by atoms with Crippen molar-refractivity contribution in [1.82, 2.24) is 19.6 Å². The van der Waals surface area contributed by atoms with Gasteiger partial charge in [0.2, 0.25) is 0 Å². The molecular formula is C32H26Cl3N5O6S. The number of ether oxygens (including phenoxy) is 2. The normalized spacial score (nSPS) is 20.4. The zero-order valence-corrected chi connectivity index (χ0v) is 28.2. The number of halogens is 3. The first-order chi connectivity index (χ1) is 22.4. The number of amidine groups is 1. The highest BCUT2D eigenvalue weighted by Gasteiger charge is 2.52. The summed E-state index contributed by atoms with van der Waals surface area (Å²) in [6.45, 7) is 0.250. The standard InChI is InChI=1S/C32H26Cl3N5O6S/c1-37-27-26(29(42)38(2)31(37)43)39(16-19-7-10-21(34)14-22(19)35)30(36-27)46-23-11-6-18(12-24(23)45-3)13-25-28(41)40(32(44)47-25)15-17-4-8-20(33)9-5-17/h4-14,26-27H,15-16H2,1-3H3/b25-13+. The van der Waals surface area contributed by atoms with Crippen molar-refractivity contribution in [2.24, 2.45) is 4.99 Å². The van der Waals surface area contributed by atoms with Crippen LogP contribution in [0.2, 0.25) is 15.1 Å². The van der Waals surface area contributed by atoms with Gasteiger partial charge >= 0.3 is 6.03 Å². The van der Waals surface area contributed by atoms with E-state index in [4.69, 9.17) is 44.3 Å². The third-order valence-electron chi connectivity index (χ3n) is 7.85. The van der Waals surface area contributed by atoms with Crippen LogP contribution in [-0.4, -0.2) is 82.1 Å². The molecular weight excluding hydrogens is 689 g/mol. The van der Waals surface area contributed by atoms with Gasteiger partial charge in [-0.15, -0.1) is 0 Å². The van der Waals surface area contributed by atoms with E-state index < -0.39 is 30.1 Å². The van der Waals surface area contributed by atoms with E-state index in [2.05, 4.69) is 4.99 Å². The lowest BCUT2D eigenvalue weighted by atomic mass is 10.1. The predicted molar refractivity (Wildman–Crippen MR) is 180 cm³/mol. The van der Waals surface area contributed by atoms with Crippen LogP contribution < -0.4 is 9.47 Å². The molecule has 2 unspecified atom stereocenters. The Labute approximate surface area is 289 Å². The van der Waals surface area contributed by atoms with Crippen LogP contribution in [0.4, 0.5) is 9.59 Å². The van der Waals surface area contributed by atoms with Gasteiger partial charge in [0.05, 0.1) is 18.6 Å². The van der Waals surface area contributed by atoms with Crippen LogP contribution in [0.1, 0.15) is 16.7 Å². The molecule has 2 fully saturated rings. The van der Waals surface area contributed by atoms with E-state index in [-0.39, 0.29) is 35.0 Å². The maximum Gasteiger partial charge on any atom is 0.328 e. The molecule has 11 nitrogen and oxygen atoms in total. The van der Waals surface area contributed by atoms with Crippen molar-refractivity contribution >= 4 is 81.7 Å². The fraction of sp³-hybridized carbons (Fsp3) is 0.219. The van der Waals surface area contributed by atoms with Gasteiger partial charge in [0.15, 0.2) is 23.7 Å². The van der Waals surface area contributed by atoms with E-state index in [1.165, 1.54) is 24.0 Å². The molecule has 47 heavy (non-hydrogen) atoms. The van der Waals surface area contributed by atoms with Crippen molar-refractivity contribution in [2.75, 3.05) is 21.2 Å². The van der Waals surface area contributed by atoms with Crippen LogP contribution in [-0.2, 0) is 22.7 Å². The summed E-state index contributed by atoms with van der Waals surface area (Å²) in [4.78, 5) is 62.1. The number of urea groups is 1. The zero-order valence-electron chi connectivity index (χ0n) is 25.1. The molecule has 3 aromatic rings. The molecule has 3 aliphatic heterocycles. The number of hydrogen-bond donors (Lipinski definition) is 0. The summed E-state index contributed by atoms with van der Waals surface area (Å²) >= 11 is 19.4. The second kappa shape index (κ2) is 13.1. The van der Waals surface area contributed by atoms with Crippen LogP contribution in [0.5, 0.6) is 11.5 Å². The van der Waals surface area contributed by atoms with Crippen LogP contribution >= 0.6 is 46.6 Å². The molecule has 0 aromatic heterocycles. The molecule has 6 rings (SSSR count). The van der Waals surface area contributed by atoms with Crippen molar-refractivity contribution in [1.29, 1.82) is 0 Å². The topological polar surface area (TPSA) is 112 Å². The lowest BCUT2D eigenvalue weighted by Crippen LogP contribution is -2.63. The van der Waals surface area contributed by atoms with E-state index in [9.17, 15) is 19.2 Å². The van der Waals surface area contributed by atoms with Crippen molar-refractivity contribution in [3.63, 3.8) is 0 Å². The molecule has 0 bridgehead atoms. The molecule has 3 aromatic carbocycles. The van der Waals surface area contributed by atoms with Gasteiger partial charge in [-0.2, -0.15) is 0 Å². The van der Waals surface area contributed by atoms with Crippen molar-refractivity contribution < 1.29 is 28.7 Å². The number of imide groups is 2. The SMILES string of the molecule is COc1cc(/C=C2/SC(=O)N(Cc3ccc(Cl)cc3)C2=O)ccc1OC1=NC2C(C(=O)N(C)C(=O)N2C)N1Cc1ccc(Cl)cc1Cl. The molecule has 0 radical (unpaired) electrons. The largest absolute Gasteiger partial charge is 0.493 e. The molecule has 0 N–H and O–H groups in total. The van der Waals surface area contributed by atoms with E-state index in [0.717, 1.165) is 22.2 Å². The highest BCUT2D eigenvalue weighted by molar-refractivity contribution is 8.18. The Morgan fingerprint density at radius 3 is 2.32 bits per heavy atom. The van der Waals surface area contributed by atoms with Crippen molar-refractivity contribution in [2.45, 2.75) is 25.3 Å². The highest BCUT2D eigenvalue weighted by atomic mass is 35.5. The summed E-state index contributed by atoms with van der Waals surface area (Å²) in [5, 5.41) is 1.03. The van der Waals surface area contributed by atoms with Gasteiger partial charge in [-0.1, -0.05) is 59.1 Å². The maximum absolute atomic E-state index is 13.4. The number of amides is 5. The van der Waals surface area contributed by atoms with Crippen LogP contribution in [0.3, 0.4) is 0 Å². The Hall–Kier alpha value is -4.23. The Morgan fingerprint density at radius 2 is 1.62 bits per heavy atom. The lowest BCUT2D eigenvalue weighted by Gasteiger charge is -2.39. The molecule has 0 spiro atoms. The monoisotopic (exact) mass is 713 g/mol. The highest BCUT2D eigenvalue weighted by Crippen LogP contribution is 2.37. The zero-order chi connectivity index (χ0) is 33.6. The van der Waals surface area contributed by atoms with Gasteiger partial charge in [0.1, 0.15) is 0 Å². The quantitative estimate of drug-likeness (QED) is 0.260. The summed E-state index contributed by atoms with van der Waals surface area (Å²) in [6.07, 6.45) is 0.756. The number of thioether (sulfide) groups is 1. The number of rotatable bonds is 7. The predicted octanol–water partition coefficient (Wildman–Crippen LogP) is 6.36. The minimum absolute atomic E-state index is 0.0729. The molecule has 0 saturated carbocycles. The summed E-state index contributed by atoms with van der Waals surface area (Å²) < 4.78 is 11.9. The first-order valence-corrected chi connectivity index (χ1v) is 16.1. The van der Waals surface area contributed by atoms with E-state index in [1.807, 2.05) is 0 Å². The fourth-order valence-corrected chi connectivity index (χ4v) is 6.77. The van der Waals surface area contributed by atoms with E-state index in [1.54, 1.807) is 78.7 Å². The van der Waals surface area contributed by atoms with Crippen molar-refractivity contribution in [3.8, 4) is 11.5 Å². The van der Waals surface area contributed by atoms with Crippen LogP contribution in [0.25, 0.3) is 6.08 Å². The molecule has 2 atom stereocenters. The molecule has 0 aliphatic carbocycles. The fourth-order valence-electron chi connectivity index (χ4n) is 5.34. The van der Waals surface area contributed by atoms with Gasteiger partial charge in [-0.05, 0) is 70.9 Å². The first-order valence-electron chi connectivity index (χ1n) is 14.1. The van der Waals surface area contributed by atoms with Gasteiger partial charge in [0.25, 0.3) is 23.1 Å². The molecule has 3 aliphatic rings. The third kappa shape index (κ3) is 6.38. The number of aliphatic imine (C=N–C) groups is 1. The number of benzene rings is 3. The van der Waals surface area contributed by atoms with E-state index >= 15 is 0 Å². The second-order valence-electron chi connectivity index (χ2n) is 10.8. The van der Waals surface area contributed by atoms with Crippen molar-refractivity contribution in [3.05, 3.63) is 97.3 Å². The summed E-state index contributed by atoms with van der Waals surface area (Å²) in [5.41, 5.74) is 2.02. The number of carbonyl (C=O) groups excluding carboxylic acids is 4. The summed E-state index contributed by atoms with van der Waals surface area (Å²) in [6, 6.07) is 15.6. The number of nitrogens with zero attached hydrogens (tertiary/aromatic N) is 5. The number of methoxy groups -OCH3 is 1. The molecule has 15 heteroatoms. The maximum atomic E-state index is 13.4. The average molecular weight is 715 g/mol. The van der Waals surface area contributed by atoms with Crippen LogP contribution in [0.15, 0.2) is 70.6 Å². The first kappa shape index (κ1) is 32.7. The van der Waals surface area contributed by atoms with Gasteiger partial charge in [0, 0.05) is 35.7 Å². The minimum Gasteiger partial charge on any atom is -0.493 e. The number of fused-ring (bicyclic) bond motifs is 1. The van der Waals surface area contributed by atoms with Gasteiger partial charge in [-0.25, -0.2) is 9.79 Å². The Balaban J connectivity index is 1.27. The molecule has 242 valence electrons. The smallest absolute Gasteiger partial charge is 0.328 e. The summed E-state index contributed by atoms with van der Waals surface area (Å²) in [7, 11) is 4.44. The average Bonchev–Trinajstić information content (AvgIpc) is 3.53. The molecule has 5 amide bonds. The number of carbonyl (C=O) groups is 4. The second-order valence-corrected chi connectivity index (χ2v) is 13.1. The number of hydrogen-bond acceptors (Lipinski definition) is 9. The Bertz CT molecular complexity index is 1870.